The van der Waals surface area contributed by atoms with E-state index in [2.05, 4.69) is 22.1 Å². The molecule has 18 heavy (non-hydrogen) atoms. The number of benzene rings is 1. The summed E-state index contributed by atoms with van der Waals surface area (Å²) in [5.74, 6) is 0.784. The van der Waals surface area contributed by atoms with Gasteiger partial charge in [0.1, 0.15) is 5.82 Å². The first-order valence-electron chi connectivity index (χ1n) is 6.33. The zero-order valence-electron chi connectivity index (χ0n) is 10.9. The van der Waals surface area contributed by atoms with Crippen LogP contribution >= 0.6 is 0 Å². The van der Waals surface area contributed by atoms with Gasteiger partial charge in [0, 0.05) is 12.0 Å². The summed E-state index contributed by atoms with van der Waals surface area (Å²) < 4.78 is 0. The zero-order chi connectivity index (χ0) is 13.0. The van der Waals surface area contributed by atoms with Gasteiger partial charge in [-0.1, -0.05) is 37.3 Å². The summed E-state index contributed by atoms with van der Waals surface area (Å²) in [5.41, 5.74) is 2.89. The minimum absolute atomic E-state index is 0.00934. The molecule has 0 saturated carbocycles. The number of aromatic nitrogens is 2. The Kier molecular flexibility index (Phi) is 3.92. The summed E-state index contributed by atoms with van der Waals surface area (Å²) in [6, 6.07) is 10.2. The van der Waals surface area contributed by atoms with Crippen molar-refractivity contribution in [3.05, 3.63) is 63.3 Å². The monoisotopic (exact) mass is 242 g/mol. The van der Waals surface area contributed by atoms with Crippen molar-refractivity contribution in [2.75, 3.05) is 0 Å². The van der Waals surface area contributed by atoms with Crippen molar-refractivity contribution in [3.8, 4) is 0 Å². The van der Waals surface area contributed by atoms with E-state index in [1.54, 1.807) is 0 Å². The first-order valence-corrected chi connectivity index (χ1v) is 6.33. The third-order valence-electron chi connectivity index (χ3n) is 3.13. The predicted octanol–water partition coefficient (Wildman–Crippen LogP) is 2.43. The maximum Gasteiger partial charge on any atom is 0.254 e. The van der Waals surface area contributed by atoms with Crippen LogP contribution in [0.4, 0.5) is 0 Å². The number of hydrogen-bond donors (Lipinski definition) is 1. The third-order valence-corrected chi connectivity index (χ3v) is 3.13. The lowest BCUT2D eigenvalue weighted by Gasteiger charge is -2.06. The van der Waals surface area contributed by atoms with Gasteiger partial charge < -0.3 is 4.98 Å². The molecule has 1 aromatic heterocycles. The minimum Gasteiger partial charge on any atom is -0.310 e. The molecule has 2 aromatic rings. The second-order valence-electron chi connectivity index (χ2n) is 4.42. The van der Waals surface area contributed by atoms with E-state index in [0.717, 1.165) is 36.3 Å². The van der Waals surface area contributed by atoms with Gasteiger partial charge in [0.15, 0.2) is 0 Å². The molecule has 0 fully saturated rings. The fourth-order valence-corrected chi connectivity index (χ4v) is 2.00. The van der Waals surface area contributed by atoms with E-state index in [1.807, 2.05) is 32.0 Å². The molecular weight excluding hydrogens is 224 g/mol. The van der Waals surface area contributed by atoms with E-state index < -0.39 is 0 Å². The molecule has 3 nitrogen and oxygen atoms in total. The summed E-state index contributed by atoms with van der Waals surface area (Å²) in [6.45, 7) is 3.85. The molecule has 3 heteroatoms. The molecule has 0 aliphatic rings. The molecule has 0 aliphatic carbocycles. The highest BCUT2D eigenvalue weighted by molar-refractivity contribution is 5.18. The fraction of sp³-hybridized carbons (Fsp3) is 0.333. The summed E-state index contributed by atoms with van der Waals surface area (Å²) in [4.78, 5) is 19.1. The van der Waals surface area contributed by atoms with Crippen LogP contribution in [0.2, 0.25) is 0 Å². The van der Waals surface area contributed by atoms with Crippen LogP contribution in [-0.2, 0) is 19.3 Å². The highest BCUT2D eigenvalue weighted by Crippen LogP contribution is 2.05. The lowest BCUT2D eigenvalue weighted by atomic mass is 10.1. The molecule has 1 heterocycles. The van der Waals surface area contributed by atoms with Crippen molar-refractivity contribution in [2.24, 2.45) is 0 Å². The molecule has 0 spiro atoms. The van der Waals surface area contributed by atoms with E-state index in [0.29, 0.717) is 0 Å². The molecule has 1 N–H and O–H groups in total. The second kappa shape index (κ2) is 5.63. The Bertz CT molecular complexity index is 573. The summed E-state index contributed by atoms with van der Waals surface area (Å²) in [6.07, 6.45) is 2.47. The largest absolute Gasteiger partial charge is 0.310 e. The first-order chi connectivity index (χ1) is 8.70. The van der Waals surface area contributed by atoms with Gasteiger partial charge >= 0.3 is 0 Å². The number of nitrogens with one attached hydrogen (secondary N) is 1. The quantitative estimate of drug-likeness (QED) is 0.895. The molecule has 0 aliphatic heterocycles. The van der Waals surface area contributed by atoms with Gasteiger partial charge in [-0.2, -0.15) is 0 Å². The normalized spacial score (nSPS) is 10.6. The lowest BCUT2D eigenvalue weighted by molar-refractivity contribution is 0.810. The van der Waals surface area contributed by atoms with Crippen LogP contribution in [0, 0.1) is 6.92 Å². The van der Waals surface area contributed by atoms with E-state index >= 15 is 0 Å². The topological polar surface area (TPSA) is 45.8 Å². The fourth-order valence-electron chi connectivity index (χ4n) is 2.00. The van der Waals surface area contributed by atoms with Crippen LogP contribution in [0.25, 0.3) is 0 Å². The van der Waals surface area contributed by atoms with Crippen LogP contribution in [0.1, 0.15) is 29.6 Å². The summed E-state index contributed by atoms with van der Waals surface area (Å²) in [5, 5.41) is 0. The predicted molar refractivity (Wildman–Crippen MR) is 72.8 cm³/mol. The van der Waals surface area contributed by atoms with Crippen molar-refractivity contribution in [1.29, 1.82) is 0 Å². The highest BCUT2D eigenvalue weighted by Gasteiger charge is 2.05. The maximum atomic E-state index is 11.7. The number of nitrogens with zero attached hydrogens (tertiary/aromatic N) is 1. The SMILES string of the molecule is CCc1nc(CCc2ccccc2)[nH]c(=O)c1C. The molecule has 0 amide bonds. The van der Waals surface area contributed by atoms with Crippen molar-refractivity contribution in [2.45, 2.75) is 33.1 Å². The van der Waals surface area contributed by atoms with Crippen molar-refractivity contribution in [1.82, 2.24) is 9.97 Å². The zero-order valence-corrected chi connectivity index (χ0v) is 10.9. The maximum absolute atomic E-state index is 11.7. The molecule has 2 rings (SSSR count). The number of hydrogen-bond acceptors (Lipinski definition) is 2. The molecular formula is C15H18N2O. The van der Waals surface area contributed by atoms with E-state index in [9.17, 15) is 4.79 Å². The molecule has 0 radical (unpaired) electrons. The Morgan fingerprint density at radius 1 is 1.17 bits per heavy atom. The number of aryl methyl sites for hydroxylation is 3. The molecule has 0 atom stereocenters. The smallest absolute Gasteiger partial charge is 0.254 e. The second-order valence-corrected chi connectivity index (χ2v) is 4.42. The van der Waals surface area contributed by atoms with Gasteiger partial charge in [0.2, 0.25) is 0 Å². The average Bonchev–Trinajstić information content (AvgIpc) is 2.41. The van der Waals surface area contributed by atoms with Gasteiger partial charge in [-0.05, 0) is 25.3 Å². The molecule has 0 saturated heterocycles. The highest BCUT2D eigenvalue weighted by atomic mass is 16.1. The van der Waals surface area contributed by atoms with Gasteiger partial charge in [-0.15, -0.1) is 0 Å². The van der Waals surface area contributed by atoms with E-state index in [-0.39, 0.29) is 5.56 Å². The third kappa shape index (κ3) is 2.86. The van der Waals surface area contributed by atoms with Crippen LogP contribution in [0.5, 0.6) is 0 Å². The minimum atomic E-state index is -0.00934. The van der Waals surface area contributed by atoms with Crippen LogP contribution in [-0.4, -0.2) is 9.97 Å². The molecule has 94 valence electrons. The van der Waals surface area contributed by atoms with Crippen molar-refractivity contribution < 1.29 is 0 Å². The Labute approximate surface area is 107 Å². The summed E-state index contributed by atoms with van der Waals surface area (Å²) >= 11 is 0. The molecule has 0 bridgehead atoms. The Hall–Kier alpha value is -1.90. The van der Waals surface area contributed by atoms with Crippen LogP contribution < -0.4 is 5.56 Å². The number of H-pyrrole nitrogens is 1. The van der Waals surface area contributed by atoms with Gasteiger partial charge in [-0.25, -0.2) is 4.98 Å². The Morgan fingerprint density at radius 3 is 2.56 bits per heavy atom. The van der Waals surface area contributed by atoms with Crippen LogP contribution in [0.15, 0.2) is 35.1 Å². The van der Waals surface area contributed by atoms with E-state index in [1.165, 1.54) is 5.56 Å². The first kappa shape index (κ1) is 12.6. The number of rotatable bonds is 4. The lowest BCUT2D eigenvalue weighted by Crippen LogP contribution is -2.18. The van der Waals surface area contributed by atoms with Crippen molar-refractivity contribution in [3.63, 3.8) is 0 Å². The van der Waals surface area contributed by atoms with Gasteiger partial charge in [0.05, 0.1) is 5.69 Å². The van der Waals surface area contributed by atoms with E-state index in [4.69, 9.17) is 0 Å². The molecule has 1 aromatic carbocycles. The van der Waals surface area contributed by atoms with Crippen LogP contribution in [0.3, 0.4) is 0 Å². The Morgan fingerprint density at radius 2 is 1.89 bits per heavy atom. The summed E-state index contributed by atoms with van der Waals surface area (Å²) in [7, 11) is 0. The van der Waals surface area contributed by atoms with Crippen molar-refractivity contribution >= 4 is 0 Å². The average molecular weight is 242 g/mol. The number of aromatic amines is 1. The van der Waals surface area contributed by atoms with Gasteiger partial charge in [-0.3, -0.25) is 4.79 Å². The Balaban J connectivity index is 2.15. The standard InChI is InChI=1S/C15H18N2O/c1-3-13-11(2)15(18)17-14(16-13)10-9-12-7-5-4-6-8-12/h4-8H,3,9-10H2,1-2H3,(H,16,17,18). The van der Waals surface area contributed by atoms with Gasteiger partial charge in [0.25, 0.3) is 5.56 Å². The molecule has 0 unspecified atom stereocenters.